The number of pyridine rings is 1. The number of alkyl halides is 2. The molecule has 3 aromatic rings. The van der Waals surface area contributed by atoms with Crippen LogP contribution in [0.4, 0.5) is 8.78 Å². The van der Waals surface area contributed by atoms with Crippen molar-refractivity contribution in [2.45, 2.75) is 49.5 Å². The highest BCUT2D eigenvalue weighted by molar-refractivity contribution is 9.10. The maximum Gasteiger partial charge on any atom is 0.291 e. The molecule has 15 heteroatoms. The van der Waals surface area contributed by atoms with E-state index in [0.717, 1.165) is 17.4 Å². The molecule has 0 aliphatic carbocycles. The SMILES string of the molecule is CC1(N(COCC[Si](C)(C)C)S(=O)(=O)c2cc(Br)c3ncc(-c4nnc(C(F)F)s4)n3c2)COC1. The Balaban J connectivity index is 1.70. The summed E-state index contributed by atoms with van der Waals surface area (Å²) in [5.41, 5.74) is 0.0323. The van der Waals surface area contributed by atoms with Gasteiger partial charge in [-0.05, 0) is 35.0 Å². The number of rotatable bonds is 10. The molecule has 0 aromatic carbocycles. The first kappa shape index (κ1) is 26.7. The minimum absolute atomic E-state index is 0.00311. The Morgan fingerprint density at radius 1 is 1.34 bits per heavy atom. The predicted octanol–water partition coefficient (Wildman–Crippen LogP) is 4.64. The molecule has 0 radical (unpaired) electrons. The van der Waals surface area contributed by atoms with Crippen LogP contribution in [0.3, 0.4) is 0 Å². The smallest absolute Gasteiger partial charge is 0.291 e. The zero-order valence-electron chi connectivity index (χ0n) is 19.7. The van der Waals surface area contributed by atoms with Crippen molar-refractivity contribution in [2.24, 2.45) is 0 Å². The van der Waals surface area contributed by atoms with Crippen molar-refractivity contribution in [3.05, 3.63) is 27.9 Å². The largest absolute Gasteiger partial charge is 0.377 e. The zero-order valence-corrected chi connectivity index (χ0v) is 23.9. The fraction of sp³-hybridized carbons (Fsp3) is 0.550. The molecule has 0 bridgehead atoms. The summed E-state index contributed by atoms with van der Waals surface area (Å²) in [4.78, 5) is 4.29. The third-order valence-corrected chi connectivity index (χ3v) is 10.8. The molecule has 0 saturated carbocycles. The Morgan fingerprint density at radius 2 is 2.06 bits per heavy atom. The molecule has 0 N–H and O–H groups in total. The van der Waals surface area contributed by atoms with Gasteiger partial charge < -0.3 is 9.47 Å². The van der Waals surface area contributed by atoms with E-state index in [-0.39, 0.29) is 29.8 Å². The molecule has 0 spiro atoms. The van der Waals surface area contributed by atoms with Gasteiger partial charge >= 0.3 is 0 Å². The molecule has 4 rings (SSSR count). The summed E-state index contributed by atoms with van der Waals surface area (Å²) in [6.07, 6.45) is 0.118. The summed E-state index contributed by atoms with van der Waals surface area (Å²) in [6, 6.07) is 2.39. The number of halogens is 3. The van der Waals surface area contributed by atoms with E-state index >= 15 is 0 Å². The van der Waals surface area contributed by atoms with Crippen molar-refractivity contribution in [3.8, 4) is 10.7 Å². The molecule has 0 amide bonds. The van der Waals surface area contributed by atoms with Gasteiger partial charge in [0.15, 0.2) is 15.7 Å². The van der Waals surface area contributed by atoms with Gasteiger partial charge in [-0.2, -0.15) is 4.31 Å². The van der Waals surface area contributed by atoms with Gasteiger partial charge in [0.25, 0.3) is 6.43 Å². The van der Waals surface area contributed by atoms with E-state index < -0.39 is 35.1 Å². The summed E-state index contributed by atoms with van der Waals surface area (Å²) in [7, 11) is -5.37. The molecule has 3 aromatic heterocycles. The molecule has 1 saturated heterocycles. The number of aromatic nitrogens is 4. The van der Waals surface area contributed by atoms with Gasteiger partial charge in [-0.15, -0.1) is 10.2 Å². The molecule has 0 atom stereocenters. The maximum atomic E-state index is 13.8. The van der Waals surface area contributed by atoms with Gasteiger partial charge in [-0.1, -0.05) is 31.0 Å². The molecule has 35 heavy (non-hydrogen) atoms. The standard InChI is InChI=1S/C20H26BrF2N5O4S2Si/c1-20(10-32-11-20)28(12-31-5-6-35(2,3)4)34(29,30)13-7-14(21)17-24-8-15(27(17)9-13)18-25-26-19(33-18)16(22)23/h7-9,16H,5-6,10-12H2,1-4H3. The van der Waals surface area contributed by atoms with Crippen LogP contribution in [0.1, 0.15) is 18.4 Å². The Morgan fingerprint density at radius 3 is 2.63 bits per heavy atom. The van der Waals surface area contributed by atoms with Crippen molar-refractivity contribution >= 4 is 51.0 Å². The van der Waals surface area contributed by atoms with E-state index in [1.54, 1.807) is 0 Å². The predicted molar refractivity (Wildman–Crippen MR) is 134 cm³/mol. The van der Waals surface area contributed by atoms with Crippen molar-refractivity contribution < 1.29 is 26.7 Å². The number of sulfonamides is 1. The first-order chi connectivity index (χ1) is 16.3. The number of hydrogen-bond acceptors (Lipinski definition) is 8. The quantitative estimate of drug-likeness (QED) is 0.187. The van der Waals surface area contributed by atoms with Gasteiger partial charge in [0, 0.05) is 20.9 Å². The average molecular weight is 611 g/mol. The number of fused-ring (bicyclic) bond motifs is 1. The number of hydrogen-bond donors (Lipinski definition) is 0. The Labute approximate surface area is 215 Å². The second-order valence-electron chi connectivity index (χ2n) is 9.80. The highest BCUT2D eigenvalue weighted by Gasteiger charge is 2.46. The van der Waals surface area contributed by atoms with E-state index in [4.69, 9.17) is 9.47 Å². The second kappa shape index (κ2) is 9.83. The van der Waals surface area contributed by atoms with Crippen LogP contribution in [0.25, 0.3) is 16.3 Å². The molecule has 192 valence electrons. The highest BCUT2D eigenvalue weighted by atomic mass is 79.9. The Kier molecular flexibility index (Phi) is 7.50. The third-order valence-electron chi connectivity index (χ3n) is 5.60. The fourth-order valence-corrected chi connectivity index (χ4v) is 7.27. The van der Waals surface area contributed by atoms with Crippen LogP contribution in [0.2, 0.25) is 25.7 Å². The summed E-state index contributed by atoms with van der Waals surface area (Å²) in [5, 5.41) is 7.15. The number of imidazole rings is 1. The summed E-state index contributed by atoms with van der Waals surface area (Å²) < 4.78 is 68.2. The normalized spacial score (nSPS) is 16.4. The van der Waals surface area contributed by atoms with Crippen molar-refractivity contribution in [1.82, 2.24) is 23.9 Å². The van der Waals surface area contributed by atoms with Crippen LogP contribution in [-0.4, -0.2) is 72.5 Å². The average Bonchev–Trinajstić information content (AvgIpc) is 3.38. The molecule has 9 nitrogen and oxygen atoms in total. The second-order valence-corrected chi connectivity index (χ2v) is 19.1. The lowest BCUT2D eigenvalue weighted by Crippen LogP contribution is -2.62. The first-order valence-corrected chi connectivity index (χ1v) is 17.5. The summed E-state index contributed by atoms with van der Waals surface area (Å²) in [5.74, 6) is 0. The van der Waals surface area contributed by atoms with Gasteiger partial charge in [-0.3, -0.25) is 4.40 Å². The lowest BCUT2D eigenvalue weighted by molar-refractivity contribution is -0.124. The Bertz CT molecular complexity index is 1320. The number of nitrogens with zero attached hydrogens (tertiary/aromatic N) is 5. The Hall–Kier alpha value is -1.36. The highest BCUT2D eigenvalue weighted by Crippen LogP contribution is 2.35. The van der Waals surface area contributed by atoms with E-state index in [0.29, 0.717) is 22.4 Å². The molecule has 1 fully saturated rings. The molecule has 0 unspecified atom stereocenters. The molecule has 1 aliphatic rings. The van der Waals surface area contributed by atoms with Gasteiger partial charge in [0.05, 0.1) is 29.4 Å². The zero-order chi connectivity index (χ0) is 25.6. The summed E-state index contributed by atoms with van der Waals surface area (Å²) in [6.45, 7) is 9.37. The molecular formula is C20H26BrF2N5O4S2Si. The third kappa shape index (κ3) is 5.50. The van der Waals surface area contributed by atoms with Crippen molar-refractivity contribution in [1.29, 1.82) is 0 Å². The van der Waals surface area contributed by atoms with Crippen LogP contribution in [-0.2, 0) is 19.5 Å². The molecule has 1 aliphatic heterocycles. The van der Waals surface area contributed by atoms with Crippen LogP contribution < -0.4 is 0 Å². The number of ether oxygens (including phenoxy) is 2. The summed E-state index contributed by atoms with van der Waals surface area (Å²) >= 11 is 4.13. The van der Waals surface area contributed by atoms with Gasteiger partial charge in [-0.25, -0.2) is 22.2 Å². The molecule has 4 heterocycles. The van der Waals surface area contributed by atoms with E-state index in [1.807, 2.05) is 6.92 Å². The topological polar surface area (TPSA) is 98.9 Å². The van der Waals surface area contributed by atoms with Crippen LogP contribution in [0.5, 0.6) is 0 Å². The van der Waals surface area contributed by atoms with Crippen LogP contribution >= 0.6 is 27.3 Å². The van der Waals surface area contributed by atoms with Crippen LogP contribution in [0, 0.1) is 0 Å². The minimum Gasteiger partial charge on any atom is -0.377 e. The lowest BCUT2D eigenvalue weighted by atomic mass is 10.0. The van der Waals surface area contributed by atoms with E-state index in [2.05, 4.69) is 50.8 Å². The minimum atomic E-state index is -4.03. The van der Waals surface area contributed by atoms with Gasteiger partial charge in [0.1, 0.15) is 17.3 Å². The van der Waals surface area contributed by atoms with E-state index in [9.17, 15) is 17.2 Å². The monoisotopic (exact) mass is 609 g/mol. The lowest BCUT2D eigenvalue weighted by Gasteiger charge is -2.45. The maximum absolute atomic E-state index is 13.8. The van der Waals surface area contributed by atoms with Crippen molar-refractivity contribution in [2.75, 3.05) is 26.6 Å². The van der Waals surface area contributed by atoms with Gasteiger partial charge in [0.2, 0.25) is 10.0 Å². The fourth-order valence-electron chi connectivity index (χ4n) is 3.46. The first-order valence-electron chi connectivity index (χ1n) is 10.8. The van der Waals surface area contributed by atoms with Crippen molar-refractivity contribution in [3.63, 3.8) is 0 Å². The van der Waals surface area contributed by atoms with Crippen LogP contribution in [0.15, 0.2) is 27.8 Å². The molecular weight excluding hydrogens is 584 g/mol. The van der Waals surface area contributed by atoms with E-state index in [1.165, 1.54) is 27.2 Å².